The van der Waals surface area contributed by atoms with E-state index in [1.807, 2.05) is 13.0 Å². The molecule has 0 aromatic rings. The van der Waals surface area contributed by atoms with Crippen LogP contribution in [0, 0.1) is 17.8 Å². The van der Waals surface area contributed by atoms with E-state index < -0.39 is 30.3 Å². The highest BCUT2D eigenvalue weighted by Gasteiger charge is 2.43. The fraction of sp³-hybridized carbons (Fsp3) is 0.864. The molecule has 1 saturated heterocycles. The Balaban J connectivity index is 1.80. The first kappa shape index (κ1) is 25.3. The van der Waals surface area contributed by atoms with Crippen LogP contribution in [0.1, 0.15) is 71.1 Å². The Morgan fingerprint density at radius 1 is 1.23 bits per heavy atom. The van der Waals surface area contributed by atoms with Crippen LogP contribution in [0.2, 0.25) is 0 Å². The molecular weight excluding hydrogens is 401 g/mol. The summed E-state index contributed by atoms with van der Waals surface area (Å²) >= 11 is 0. The summed E-state index contributed by atoms with van der Waals surface area (Å²) in [5, 5.41) is 28.0. The highest BCUT2D eigenvalue weighted by Crippen LogP contribution is 2.45. The Morgan fingerprint density at radius 2 is 1.97 bits per heavy atom. The van der Waals surface area contributed by atoms with E-state index in [4.69, 9.17) is 9.84 Å². The number of alkyl halides is 3. The zero-order valence-electron chi connectivity index (χ0n) is 17.6. The molecule has 8 heteroatoms. The highest BCUT2D eigenvalue weighted by atomic mass is 19.4. The topological polar surface area (TPSA) is 87.0 Å². The summed E-state index contributed by atoms with van der Waals surface area (Å²) in [6.45, 7) is 0.975. The number of aliphatic hydroxyl groups excluding tert-OH is 1. The zero-order valence-corrected chi connectivity index (χ0v) is 17.6. The summed E-state index contributed by atoms with van der Waals surface area (Å²) in [7, 11) is 0. The zero-order chi connectivity index (χ0) is 22.4. The van der Waals surface area contributed by atoms with Crippen LogP contribution in [-0.4, -0.2) is 51.9 Å². The van der Waals surface area contributed by atoms with Gasteiger partial charge >= 0.3 is 6.18 Å². The lowest BCUT2D eigenvalue weighted by molar-refractivity contribution is -0.188. The number of hydrogen-bond donors (Lipinski definition) is 3. The van der Waals surface area contributed by atoms with Crippen molar-refractivity contribution in [1.82, 2.24) is 0 Å². The van der Waals surface area contributed by atoms with E-state index >= 15 is 0 Å². The number of ether oxygens (including phenoxy) is 1. The molecule has 5 nitrogen and oxygen atoms in total. The largest absolute Gasteiger partial charge is 0.392 e. The summed E-state index contributed by atoms with van der Waals surface area (Å²) in [5.74, 6) is -4.32. The summed E-state index contributed by atoms with van der Waals surface area (Å²) < 4.78 is 45.5. The van der Waals surface area contributed by atoms with Gasteiger partial charge in [-0.1, -0.05) is 31.9 Å². The van der Waals surface area contributed by atoms with Crippen LogP contribution in [0.4, 0.5) is 13.2 Å². The number of carbonyl (C=O) groups excluding carboxylic acids is 1. The number of rotatable bonds is 12. The maximum absolute atomic E-state index is 13.2. The van der Waals surface area contributed by atoms with Crippen molar-refractivity contribution >= 4 is 5.78 Å². The minimum absolute atomic E-state index is 0.0235. The molecule has 0 bridgehead atoms. The minimum Gasteiger partial charge on any atom is -0.388 e. The van der Waals surface area contributed by atoms with Crippen LogP contribution in [-0.2, 0) is 9.53 Å². The SMILES string of the molecule is CCCC[C@@H](CC=C[C@H]1CC[C@H]2O[C@@H](CCCC(O)(O)C(=O)CO)C[C@H]12)C(F)(F)F. The lowest BCUT2D eigenvalue weighted by Crippen LogP contribution is -2.40. The predicted octanol–water partition coefficient (Wildman–Crippen LogP) is 3.90. The quantitative estimate of drug-likeness (QED) is 0.319. The number of halogens is 3. The number of ketones is 1. The van der Waals surface area contributed by atoms with Gasteiger partial charge < -0.3 is 20.1 Å². The van der Waals surface area contributed by atoms with E-state index in [-0.39, 0.29) is 43.3 Å². The molecule has 1 aliphatic heterocycles. The molecule has 1 saturated carbocycles. The molecule has 174 valence electrons. The lowest BCUT2D eigenvalue weighted by Gasteiger charge is -2.20. The molecule has 0 aromatic heterocycles. The standard InChI is InChI=1S/C22H35F3O5/c1-2-3-7-16(22(23,24)25)8-4-6-15-10-11-19-18(15)13-17(30-19)9-5-12-21(28,29)20(27)14-26/h4,6,15-19,26,28-29H,2-3,5,7-14H2,1H3/t15-,16-,17-,18+,19+/m0/s1. The van der Waals surface area contributed by atoms with Gasteiger partial charge in [-0.15, -0.1) is 0 Å². The third-order valence-corrected chi connectivity index (χ3v) is 6.53. The van der Waals surface area contributed by atoms with Gasteiger partial charge in [0, 0.05) is 6.42 Å². The van der Waals surface area contributed by atoms with Crippen molar-refractivity contribution in [3.05, 3.63) is 12.2 Å². The Hall–Kier alpha value is -0.960. The monoisotopic (exact) mass is 436 g/mol. The average Bonchev–Trinajstić information content (AvgIpc) is 3.23. The number of carbonyl (C=O) groups is 1. The van der Waals surface area contributed by atoms with Crippen molar-refractivity contribution in [2.75, 3.05) is 6.61 Å². The average molecular weight is 437 g/mol. The molecule has 5 atom stereocenters. The number of hydrogen-bond acceptors (Lipinski definition) is 5. The maximum Gasteiger partial charge on any atom is 0.392 e. The second-order valence-corrected chi connectivity index (χ2v) is 8.77. The first-order valence-corrected chi connectivity index (χ1v) is 11.1. The van der Waals surface area contributed by atoms with E-state index in [1.54, 1.807) is 6.08 Å². The first-order chi connectivity index (χ1) is 14.1. The van der Waals surface area contributed by atoms with Crippen molar-refractivity contribution in [2.45, 2.75) is 95.3 Å². The Morgan fingerprint density at radius 3 is 2.60 bits per heavy atom. The molecular formula is C22H35F3O5. The smallest absolute Gasteiger partial charge is 0.388 e. The number of unbranched alkanes of at least 4 members (excludes halogenated alkanes) is 1. The minimum atomic E-state index is -4.16. The van der Waals surface area contributed by atoms with Gasteiger partial charge in [0.25, 0.3) is 0 Å². The summed E-state index contributed by atoms with van der Waals surface area (Å²) in [6, 6.07) is 0. The van der Waals surface area contributed by atoms with Gasteiger partial charge in [-0.2, -0.15) is 13.2 Å². The van der Waals surface area contributed by atoms with E-state index in [0.29, 0.717) is 19.3 Å². The van der Waals surface area contributed by atoms with Crippen molar-refractivity contribution in [2.24, 2.45) is 17.8 Å². The molecule has 30 heavy (non-hydrogen) atoms. The highest BCUT2D eigenvalue weighted by molar-refractivity contribution is 5.86. The van der Waals surface area contributed by atoms with Crippen LogP contribution in [0.5, 0.6) is 0 Å². The fourth-order valence-corrected chi connectivity index (χ4v) is 4.71. The van der Waals surface area contributed by atoms with E-state index in [2.05, 4.69) is 0 Å². The van der Waals surface area contributed by atoms with Gasteiger partial charge in [0.05, 0.1) is 18.1 Å². The molecule has 0 aromatic carbocycles. The van der Waals surface area contributed by atoms with Gasteiger partial charge in [-0.25, -0.2) is 0 Å². The summed E-state index contributed by atoms with van der Waals surface area (Å²) in [6.07, 6.45) is 4.38. The second-order valence-electron chi connectivity index (χ2n) is 8.77. The fourth-order valence-electron chi connectivity index (χ4n) is 4.71. The normalized spacial score (nSPS) is 28.2. The molecule has 0 spiro atoms. The lowest BCUT2D eigenvalue weighted by atomic mass is 9.89. The number of fused-ring (bicyclic) bond motifs is 1. The third-order valence-electron chi connectivity index (χ3n) is 6.53. The molecule has 0 unspecified atom stereocenters. The molecule has 2 aliphatic rings. The van der Waals surface area contributed by atoms with Crippen LogP contribution >= 0.6 is 0 Å². The van der Waals surface area contributed by atoms with Gasteiger partial charge in [0.1, 0.15) is 6.61 Å². The van der Waals surface area contributed by atoms with Crippen molar-refractivity contribution in [3.63, 3.8) is 0 Å². The molecule has 1 aliphatic carbocycles. The van der Waals surface area contributed by atoms with Gasteiger partial charge in [-0.05, 0) is 56.8 Å². The Kier molecular flexibility index (Phi) is 9.33. The van der Waals surface area contributed by atoms with Crippen molar-refractivity contribution in [1.29, 1.82) is 0 Å². The van der Waals surface area contributed by atoms with Crippen molar-refractivity contribution in [3.8, 4) is 0 Å². The van der Waals surface area contributed by atoms with Crippen LogP contribution in [0.25, 0.3) is 0 Å². The summed E-state index contributed by atoms with van der Waals surface area (Å²) in [5.41, 5.74) is 0. The van der Waals surface area contributed by atoms with E-state index in [9.17, 15) is 28.2 Å². The molecule has 3 N–H and O–H groups in total. The van der Waals surface area contributed by atoms with Crippen LogP contribution in [0.15, 0.2) is 12.2 Å². The first-order valence-electron chi connectivity index (χ1n) is 11.1. The molecule has 0 amide bonds. The second kappa shape index (κ2) is 11.1. The molecule has 1 heterocycles. The predicted molar refractivity (Wildman–Crippen MR) is 105 cm³/mol. The number of Topliss-reactive ketones (excluding diaryl/α,β-unsaturated/α-hetero) is 1. The van der Waals surface area contributed by atoms with Crippen LogP contribution < -0.4 is 0 Å². The van der Waals surface area contributed by atoms with Gasteiger partial charge in [0.15, 0.2) is 0 Å². The molecule has 0 radical (unpaired) electrons. The van der Waals surface area contributed by atoms with Crippen molar-refractivity contribution < 1.29 is 38.0 Å². The maximum atomic E-state index is 13.2. The molecule has 2 fully saturated rings. The number of allylic oxidation sites excluding steroid dienone is 2. The van der Waals surface area contributed by atoms with E-state index in [0.717, 1.165) is 25.7 Å². The molecule has 2 rings (SSSR count). The Bertz CT molecular complexity index is 576. The van der Waals surface area contributed by atoms with Gasteiger partial charge in [0.2, 0.25) is 11.6 Å². The van der Waals surface area contributed by atoms with E-state index in [1.165, 1.54) is 0 Å². The van der Waals surface area contributed by atoms with Gasteiger partial charge in [-0.3, -0.25) is 4.79 Å². The summed E-state index contributed by atoms with van der Waals surface area (Å²) in [4.78, 5) is 11.3. The third kappa shape index (κ3) is 7.04. The van der Waals surface area contributed by atoms with Crippen LogP contribution in [0.3, 0.4) is 0 Å². The number of aliphatic hydroxyl groups is 3. The Labute approximate surface area is 176 Å².